The average molecular weight is 191 g/mol. The van der Waals surface area contributed by atoms with Crippen LogP contribution in [0.15, 0.2) is 18.5 Å². The second kappa shape index (κ2) is 2.70. The number of rotatable bonds is 0. The number of hydrogen-bond donors (Lipinski definition) is 1. The maximum atomic E-state index is 11.3. The zero-order valence-corrected chi connectivity index (χ0v) is 8.32. The van der Waals surface area contributed by atoms with Crippen molar-refractivity contribution < 1.29 is 4.79 Å². The lowest BCUT2D eigenvalue weighted by atomic mass is 10.00. The molecule has 1 aliphatic heterocycles. The fourth-order valence-corrected chi connectivity index (χ4v) is 2.05. The molecule has 0 aromatic carbocycles. The van der Waals surface area contributed by atoms with Crippen LogP contribution in [0.25, 0.3) is 0 Å². The molecule has 1 aromatic rings. The number of nitrogens with zero attached hydrogens (tertiary/aromatic N) is 2. The summed E-state index contributed by atoms with van der Waals surface area (Å²) in [7, 11) is 0. The van der Waals surface area contributed by atoms with Gasteiger partial charge in [0, 0.05) is 11.7 Å². The molecule has 0 fully saturated rings. The van der Waals surface area contributed by atoms with Gasteiger partial charge in [-0.05, 0) is 31.9 Å². The maximum Gasteiger partial charge on any atom is 0.319 e. The molecule has 2 heterocycles. The van der Waals surface area contributed by atoms with Gasteiger partial charge in [0.2, 0.25) is 0 Å². The van der Waals surface area contributed by atoms with Crippen molar-refractivity contribution in [1.29, 1.82) is 0 Å². The summed E-state index contributed by atoms with van der Waals surface area (Å²) in [5.74, 6) is 0. The summed E-state index contributed by atoms with van der Waals surface area (Å²) in [6, 6.07) is 1.52. The normalized spacial score (nSPS) is 18.0. The number of primary amides is 1. The molecule has 2 amide bonds. The van der Waals surface area contributed by atoms with Gasteiger partial charge in [0.25, 0.3) is 0 Å². The van der Waals surface area contributed by atoms with E-state index < -0.39 is 6.03 Å². The van der Waals surface area contributed by atoms with Gasteiger partial charge in [-0.2, -0.15) is 0 Å². The fraction of sp³-hybridized carbons (Fsp3) is 0.400. The number of carbonyl (C=O) groups is 1. The van der Waals surface area contributed by atoms with Crippen molar-refractivity contribution in [3.63, 3.8) is 0 Å². The van der Waals surface area contributed by atoms with E-state index in [9.17, 15) is 4.79 Å². The Morgan fingerprint density at radius 3 is 3.00 bits per heavy atom. The van der Waals surface area contributed by atoms with E-state index in [-0.39, 0.29) is 5.54 Å². The number of anilines is 1. The zero-order chi connectivity index (χ0) is 10.3. The first-order chi connectivity index (χ1) is 6.52. The van der Waals surface area contributed by atoms with Gasteiger partial charge in [0.15, 0.2) is 0 Å². The highest BCUT2D eigenvalue weighted by atomic mass is 16.2. The number of hydrogen-bond acceptors (Lipinski definition) is 2. The Labute approximate surface area is 82.7 Å². The van der Waals surface area contributed by atoms with Gasteiger partial charge in [-0.25, -0.2) is 4.79 Å². The van der Waals surface area contributed by atoms with Crippen molar-refractivity contribution in [2.75, 3.05) is 4.90 Å². The number of amides is 2. The van der Waals surface area contributed by atoms with E-state index in [1.54, 1.807) is 17.3 Å². The van der Waals surface area contributed by atoms with E-state index in [2.05, 4.69) is 4.98 Å². The lowest BCUT2D eigenvalue weighted by molar-refractivity contribution is 0.249. The zero-order valence-electron chi connectivity index (χ0n) is 8.32. The smallest absolute Gasteiger partial charge is 0.319 e. The highest BCUT2D eigenvalue weighted by Gasteiger charge is 2.38. The Bertz CT molecular complexity index is 387. The van der Waals surface area contributed by atoms with Gasteiger partial charge in [0.1, 0.15) is 0 Å². The summed E-state index contributed by atoms with van der Waals surface area (Å²) in [5, 5.41) is 0. The van der Waals surface area contributed by atoms with Crippen molar-refractivity contribution in [3.05, 3.63) is 24.0 Å². The summed E-state index contributed by atoms with van der Waals surface area (Å²) in [4.78, 5) is 16.9. The topological polar surface area (TPSA) is 59.2 Å². The van der Waals surface area contributed by atoms with Gasteiger partial charge in [0.05, 0.1) is 11.9 Å². The highest BCUT2D eigenvalue weighted by molar-refractivity contribution is 5.94. The Hall–Kier alpha value is -1.58. The number of pyridine rings is 1. The highest BCUT2D eigenvalue weighted by Crippen LogP contribution is 2.37. The van der Waals surface area contributed by atoms with Crippen LogP contribution in [0.3, 0.4) is 0 Å². The van der Waals surface area contributed by atoms with Crippen molar-refractivity contribution >= 4 is 11.7 Å². The lowest BCUT2D eigenvalue weighted by Gasteiger charge is -2.30. The molecule has 0 unspecified atom stereocenters. The van der Waals surface area contributed by atoms with Gasteiger partial charge in [-0.1, -0.05) is 0 Å². The number of carbonyl (C=O) groups excluding carboxylic acids is 1. The molecule has 1 aliphatic rings. The Kier molecular flexibility index (Phi) is 1.74. The molecule has 2 rings (SSSR count). The van der Waals surface area contributed by atoms with Crippen molar-refractivity contribution in [3.8, 4) is 0 Å². The largest absolute Gasteiger partial charge is 0.351 e. The van der Waals surface area contributed by atoms with Crippen LogP contribution in [-0.2, 0) is 6.42 Å². The van der Waals surface area contributed by atoms with Crippen LogP contribution in [0.1, 0.15) is 19.4 Å². The SMILES string of the molecule is CC1(C)Cc2ccncc2N1C(N)=O. The van der Waals surface area contributed by atoms with Gasteiger partial charge in [-0.3, -0.25) is 9.88 Å². The molecule has 0 aliphatic carbocycles. The Morgan fingerprint density at radius 2 is 2.36 bits per heavy atom. The predicted molar refractivity (Wildman–Crippen MR) is 54.1 cm³/mol. The van der Waals surface area contributed by atoms with E-state index in [4.69, 9.17) is 5.73 Å². The van der Waals surface area contributed by atoms with Crippen molar-refractivity contribution in [1.82, 2.24) is 4.98 Å². The summed E-state index contributed by atoms with van der Waals surface area (Å²) in [5.41, 5.74) is 7.08. The minimum Gasteiger partial charge on any atom is -0.351 e. The fourth-order valence-electron chi connectivity index (χ4n) is 2.05. The molecule has 74 valence electrons. The van der Waals surface area contributed by atoms with Gasteiger partial charge < -0.3 is 5.73 Å². The molecule has 0 saturated carbocycles. The van der Waals surface area contributed by atoms with Gasteiger partial charge >= 0.3 is 6.03 Å². The second-order valence-electron chi connectivity index (χ2n) is 4.17. The molecule has 0 saturated heterocycles. The number of nitrogens with two attached hydrogens (primary N) is 1. The Balaban J connectivity index is 2.53. The minimum atomic E-state index is -0.415. The number of urea groups is 1. The van der Waals surface area contributed by atoms with E-state index >= 15 is 0 Å². The monoisotopic (exact) mass is 191 g/mol. The average Bonchev–Trinajstić information content (AvgIpc) is 2.33. The molecule has 0 radical (unpaired) electrons. The summed E-state index contributed by atoms with van der Waals surface area (Å²) < 4.78 is 0. The van der Waals surface area contributed by atoms with E-state index in [0.29, 0.717) is 0 Å². The number of aromatic nitrogens is 1. The quantitative estimate of drug-likeness (QED) is 0.672. The first-order valence-corrected chi connectivity index (χ1v) is 4.55. The number of fused-ring (bicyclic) bond motifs is 1. The predicted octanol–water partition coefficient (Wildman–Crippen LogP) is 1.30. The van der Waals surface area contributed by atoms with Gasteiger partial charge in [-0.15, -0.1) is 0 Å². The first kappa shape index (κ1) is 8.99. The van der Waals surface area contributed by atoms with Crippen LogP contribution >= 0.6 is 0 Å². The van der Waals surface area contributed by atoms with E-state index in [1.807, 2.05) is 19.9 Å². The van der Waals surface area contributed by atoms with Crippen LogP contribution in [0.5, 0.6) is 0 Å². The van der Waals surface area contributed by atoms with E-state index in [1.165, 1.54) is 0 Å². The standard InChI is InChI=1S/C10H13N3O/c1-10(2)5-7-3-4-12-6-8(7)13(10)9(11)14/h3-4,6H,5H2,1-2H3,(H2,11,14). The second-order valence-corrected chi connectivity index (χ2v) is 4.17. The molecule has 4 nitrogen and oxygen atoms in total. The third-order valence-corrected chi connectivity index (χ3v) is 2.58. The molecule has 1 aromatic heterocycles. The molecular formula is C10H13N3O. The third kappa shape index (κ3) is 1.14. The summed E-state index contributed by atoms with van der Waals surface area (Å²) in [6.07, 6.45) is 4.25. The van der Waals surface area contributed by atoms with Crippen molar-refractivity contribution in [2.45, 2.75) is 25.8 Å². The first-order valence-electron chi connectivity index (χ1n) is 4.55. The Morgan fingerprint density at radius 1 is 1.64 bits per heavy atom. The molecule has 0 bridgehead atoms. The molecule has 2 N–H and O–H groups in total. The summed E-state index contributed by atoms with van der Waals surface area (Å²) in [6.45, 7) is 4.00. The molecule has 4 heteroatoms. The van der Waals surface area contributed by atoms with Crippen LogP contribution in [0, 0.1) is 0 Å². The molecule has 14 heavy (non-hydrogen) atoms. The molecular weight excluding hydrogens is 178 g/mol. The maximum absolute atomic E-state index is 11.3. The molecule has 0 atom stereocenters. The molecule has 0 spiro atoms. The lowest BCUT2D eigenvalue weighted by Crippen LogP contribution is -2.48. The van der Waals surface area contributed by atoms with Crippen molar-refractivity contribution in [2.24, 2.45) is 5.73 Å². The summed E-state index contributed by atoms with van der Waals surface area (Å²) >= 11 is 0. The van der Waals surface area contributed by atoms with Crippen LogP contribution in [0.4, 0.5) is 10.5 Å². The third-order valence-electron chi connectivity index (χ3n) is 2.58. The van der Waals surface area contributed by atoms with Crippen LogP contribution < -0.4 is 10.6 Å². The van der Waals surface area contributed by atoms with Crippen LogP contribution in [-0.4, -0.2) is 16.6 Å². The minimum absolute atomic E-state index is 0.239. The van der Waals surface area contributed by atoms with E-state index in [0.717, 1.165) is 17.7 Å². The van der Waals surface area contributed by atoms with Crippen LogP contribution in [0.2, 0.25) is 0 Å².